The number of benzene rings is 1. The molecule has 5 nitrogen and oxygen atoms in total. The number of H-pyrrole nitrogens is 1. The molecule has 0 unspecified atom stereocenters. The van der Waals surface area contributed by atoms with Crippen LogP contribution in [-0.4, -0.2) is 45.9 Å². The number of hydrogen-bond donors (Lipinski definition) is 2. The topological polar surface area (TPSA) is 61.2 Å². The molecular formula is C15H21N5. The van der Waals surface area contributed by atoms with Crippen molar-refractivity contribution in [2.24, 2.45) is 0 Å². The molecule has 20 heavy (non-hydrogen) atoms. The average Bonchev–Trinajstić information content (AvgIpc) is 2.94. The van der Waals surface area contributed by atoms with Crippen molar-refractivity contribution in [1.29, 1.82) is 0 Å². The molecule has 1 aliphatic rings. The van der Waals surface area contributed by atoms with Gasteiger partial charge in [-0.25, -0.2) is 4.98 Å². The fraction of sp³-hybridized carbons (Fsp3) is 0.400. The van der Waals surface area contributed by atoms with Crippen molar-refractivity contribution >= 4 is 5.69 Å². The van der Waals surface area contributed by atoms with Gasteiger partial charge in [-0.2, -0.15) is 0 Å². The van der Waals surface area contributed by atoms with Crippen molar-refractivity contribution in [2.45, 2.75) is 13.1 Å². The lowest BCUT2D eigenvalue weighted by Gasteiger charge is -2.34. The van der Waals surface area contributed by atoms with E-state index >= 15 is 0 Å². The minimum atomic E-state index is 0.846. The van der Waals surface area contributed by atoms with Gasteiger partial charge in [0, 0.05) is 50.8 Å². The highest BCUT2D eigenvalue weighted by atomic mass is 15.3. The number of anilines is 1. The Bertz CT molecular complexity index is 529. The van der Waals surface area contributed by atoms with E-state index in [0.29, 0.717) is 0 Å². The van der Waals surface area contributed by atoms with Crippen molar-refractivity contribution in [2.75, 3.05) is 31.9 Å². The number of aromatic amines is 1. The molecule has 1 saturated heterocycles. The first-order chi connectivity index (χ1) is 9.79. The van der Waals surface area contributed by atoms with E-state index in [1.807, 2.05) is 24.5 Å². The Labute approximate surface area is 119 Å². The minimum Gasteiger partial charge on any atom is -0.399 e. The maximum Gasteiger partial charge on any atom is 0.120 e. The van der Waals surface area contributed by atoms with Crippen LogP contribution >= 0.6 is 0 Å². The van der Waals surface area contributed by atoms with E-state index in [1.54, 1.807) is 0 Å². The quantitative estimate of drug-likeness (QED) is 0.823. The molecule has 0 amide bonds. The third kappa shape index (κ3) is 3.37. The van der Waals surface area contributed by atoms with Crippen LogP contribution in [0, 0.1) is 0 Å². The van der Waals surface area contributed by atoms with Gasteiger partial charge in [-0.05, 0) is 17.7 Å². The summed E-state index contributed by atoms with van der Waals surface area (Å²) in [5.74, 6) is 1.05. The molecule has 5 heteroatoms. The number of nitrogens with one attached hydrogen (secondary N) is 1. The molecule has 2 heterocycles. The summed E-state index contributed by atoms with van der Waals surface area (Å²) in [5, 5.41) is 0. The first-order valence-corrected chi connectivity index (χ1v) is 7.07. The molecule has 3 rings (SSSR count). The monoisotopic (exact) mass is 271 g/mol. The van der Waals surface area contributed by atoms with Gasteiger partial charge in [0.25, 0.3) is 0 Å². The lowest BCUT2D eigenvalue weighted by Crippen LogP contribution is -2.45. The molecule has 2 aromatic rings. The molecule has 3 N–H and O–H groups in total. The number of piperazine rings is 1. The number of hydrogen-bond acceptors (Lipinski definition) is 4. The summed E-state index contributed by atoms with van der Waals surface area (Å²) < 4.78 is 0. The Kier molecular flexibility index (Phi) is 3.99. The lowest BCUT2D eigenvalue weighted by molar-refractivity contribution is 0.120. The van der Waals surface area contributed by atoms with Gasteiger partial charge in [0.05, 0.1) is 6.54 Å². The fourth-order valence-electron chi connectivity index (χ4n) is 2.65. The molecule has 1 aliphatic heterocycles. The number of nitrogens with zero attached hydrogens (tertiary/aromatic N) is 3. The zero-order valence-electron chi connectivity index (χ0n) is 11.6. The molecular weight excluding hydrogens is 250 g/mol. The van der Waals surface area contributed by atoms with Crippen LogP contribution in [0.1, 0.15) is 11.4 Å². The summed E-state index contributed by atoms with van der Waals surface area (Å²) in [7, 11) is 0. The predicted octanol–water partition coefficient (Wildman–Crippen LogP) is 1.31. The second-order valence-corrected chi connectivity index (χ2v) is 5.33. The van der Waals surface area contributed by atoms with Gasteiger partial charge < -0.3 is 10.7 Å². The van der Waals surface area contributed by atoms with Gasteiger partial charge in [0.15, 0.2) is 0 Å². The van der Waals surface area contributed by atoms with E-state index in [2.05, 4.69) is 31.9 Å². The number of aromatic nitrogens is 2. The molecule has 0 bridgehead atoms. The number of nitrogens with two attached hydrogens (primary N) is 1. The van der Waals surface area contributed by atoms with Crippen LogP contribution in [-0.2, 0) is 13.1 Å². The Balaban J connectivity index is 1.48. The number of imidazole rings is 1. The Morgan fingerprint density at radius 1 is 1.10 bits per heavy atom. The third-order valence-corrected chi connectivity index (χ3v) is 3.75. The summed E-state index contributed by atoms with van der Waals surface area (Å²) in [6.45, 7) is 6.26. The van der Waals surface area contributed by atoms with Crippen LogP contribution in [0.25, 0.3) is 0 Å². The largest absolute Gasteiger partial charge is 0.399 e. The number of rotatable bonds is 4. The van der Waals surface area contributed by atoms with Gasteiger partial charge in [0.1, 0.15) is 5.82 Å². The van der Waals surface area contributed by atoms with Crippen molar-refractivity contribution in [3.63, 3.8) is 0 Å². The van der Waals surface area contributed by atoms with Crippen LogP contribution < -0.4 is 5.73 Å². The van der Waals surface area contributed by atoms with Crippen molar-refractivity contribution in [1.82, 2.24) is 19.8 Å². The van der Waals surface area contributed by atoms with Gasteiger partial charge in [-0.3, -0.25) is 9.80 Å². The van der Waals surface area contributed by atoms with Gasteiger partial charge in [-0.15, -0.1) is 0 Å². The molecule has 0 radical (unpaired) electrons. The van der Waals surface area contributed by atoms with Crippen LogP contribution in [0.2, 0.25) is 0 Å². The molecule has 0 atom stereocenters. The second-order valence-electron chi connectivity index (χ2n) is 5.33. The molecule has 0 spiro atoms. The maximum absolute atomic E-state index is 5.82. The second kappa shape index (κ2) is 6.07. The first-order valence-electron chi connectivity index (χ1n) is 7.07. The lowest BCUT2D eigenvalue weighted by atomic mass is 10.2. The van der Waals surface area contributed by atoms with Gasteiger partial charge in [-0.1, -0.05) is 12.1 Å². The smallest absolute Gasteiger partial charge is 0.120 e. The molecule has 0 aliphatic carbocycles. The van der Waals surface area contributed by atoms with Crippen molar-refractivity contribution in [3.05, 3.63) is 48.0 Å². The Morgan fingerprint density at radius 3 is 2.50 bits per heavy atom. The SMILES string of the molecule is Nc1cccc(CN2CCN(Cc3ncc[nH]3)CC2)c1. The van der Waals surface area contributed by atoms with Crippen molar-refractivity contribution in [3.8, 4) is 0 Å². The van der Waals surface area contributed by atoms with Crippen LogP contribution in [0.5, 0.6) is 0 Å². The molecule has 1 aromatic heterocycles. The normalized spacial score (nSPS) is 17.4. The number of nitrogen functional groups attached to an aromatic ring is 1. The van der Waals surface area contributed by atoms with E-state index in [9.17, 15) is 0 Å². The van der Waals surface area contributed by atoms with Crippen LogP contribution in [0.3, 0.4) is 0 Å². The molecule has 106 valence electrons. The van der Waals surface area contributed by atoms with Crippen LogP contribution in [0.15, 0.2) is 36.7 Å². The average molecular weight is 271 g/mol. The fourth-order valence-corrected chi connectivity index (χ4v) is 2.65. The van der Waals surface area contributed by atoms with E-state index < -0.39 is 0 Å². The molecule has 1 fully saturated rings. The third-order valence-electron chi connectivity index (χ3n) is 3.75. The van der Waals surface area contributed by atoms with E-state index in [0.717, 1.165) is 50.8 Å². The van der Waals surface area contributed by atoms with E-state index in [-0.39, 0.29) is 0 Å². The van der Waals surface area contributed by atoms with E-state index in [4.69, 9.17) is 5.73 Å². The molecule has 1 aromatic carbocycles. The minimum absolute atomic E-state index is 0.846. The zero-order valence-corrected chi connectivity index (χ0v) is 11.6. The van der Waals surface area contributed by atoms with Gasteiger partial charge in [0.2, 0.25) is 0 Å². The highest BCUT2D eigenvalue weighted by Gasteiger charge is 2.17. The highest BCUT2D eigenvalue weighted by Crippen LogP contribution is 2.12. The first kappa shape index (κ1) is 13.1. The predicted molar refractivity (Wildman–Crippen MR) is 80.0 cm³/mol. The van der Waals surface area contributed by atoms with Crippen molar-refractivity contribution < 1.29 is 0 Å². The summed E-state index contributed by atoms with van der Waals surface area (Å²) in [6, 6.07) is 8.17. The van der Waals surface area contributed by atoms with Crippen LogP contribution in [0.4, 0.5) is 5.69 Å². The summed E-state index contributed by atoms with van der Waals surface area (Å²) in [4.78, 5) is 12.4. The Morgan fingerprint density at radius 2 is 1.85 bits per heavy atom. The van der Waals surface area contributed by atoms with Gasteiger partial charge >= 0.3 is 0 Å². The standard InChI is InChI=1S/C15H21N5/c16-14-3-1-2-13(10-14)11-19-6-8-20(9-7-19)12-15-17-4-5-18-15/h1-5,10H,6-9,11-12,16H2,(H,17,18). The zero-order chi connectivity index (χ0) is 13.8. The highest BCUT2D eigenvalue weighted by molar-refractivity contribution is 5.40. The van der Waals surface area contributed by atoms with E-state index in [1.165, 1.54) is 5.56 Å². The molecule has 0 saturated carbocycles. The Hall–Kier alpha value is -1.85. The summed E-state index contributed by atoms with van der Waals surface area (Å²) in [6.07, 6.45) is 3.69. The summed E-state index contributed by atoms with van der Waals surface area (Å²) >= 11 is 0. The summed E-state index contributed by atoms with van der Waals surface area (Å²) in [5.41, 5.74) is 7.97. The maximum atomic E-state index is 5.82.